The molecule has 0 bridgehead atoms. The first-order valence-electron chi connectivity index (χ1n) is 26.8. The molecule has 0 N–H and O–H groups in total. The summed E-state index contributed by atoms with van der Waals surface area (Å²) in [5.41, 5.74) is 0. The molecule has 0 aromatic carbocycles. The van der Waals surface area contributed by atoms with Crippen LogP contribution in [-0.4, -0.2) is 37.9 Å². The molecule has 0 aliphatic heterocycles. The summed E-state index contributed by atoms with van der Waals surface area (Å²) in [6.07, 6.45) is 66.5. The molecule has 1 atom stereocenters. The molecule has 0 aliphatic carbocycles. The van der Waals surface area contributed by atoms with Crippen molar-refractivity contribution in [1.29, 1.82) is 0 Å². The maximum atomic E-state index is 12.8. The smallest absolute Gasteiger partial charge is 0.306 e. The number of hydrogen-bond donors (Lipinski definition) is 0. The first-order chi connectivity index (χ1) is 30.6. The summed E-state index contributed by atoms with van der Waals surface area (Å²) in [6.45, 7) is 7.71. The van der Waals surface area contributed by atoms with Crippen LogP contribution in [0.1, 0.15) is 265 Å². The van der Waals surface area contributed by atoms with Gasteiger partial charge in [0, 0.05) is 19.4 Å². The van der Waals surface area contributed by atoms with Crippen molar-refractivity contribution in [2.24, 2.45) is 0 Å². The minimum atomic E-state index is -0.549. The lowest BCUT2D eigenvalue weighted by Crippen LogP contribution is -2.30. The maximum Gasteiger partial charge on any atom is 0.306 e. The summed E-state index contributed by atoms with van der Waals surface area (Å²) >= 11 is 0. The summed E-state index contributed by atoms with van der Waals surface area (Å²) in [4.78, 5) is 25.4. The van der Waals surface area contributed by atoms with Crippen LogP contribution < -0.4 is 0 Å². The Labute approximate surface area is 385 Å². The Balaban J connectivity index is 4.31. The fourth-order valence-corrected chi connectivity index (χ4v) is 7.56. The molecule has 5 nitrogen and oxygen atoms in total. The van der Waals surface area contributed by atoms with Gasteiger partial charge < -0.3 is 14.2 Å². The van der Waals surface area contributed by atoms with Gasteiger partial charge in [0.2, 0.25) is 0 Å². The van der Waals surface area contributed by atoms with Crippen LogP contribution in [0.25, 0.3) is 0 Å². The predicted octanol–water partition coefficient (Wildman–Crippen LogP) is 18.1. The number of hydrogen-bond acceptors (Lipinski definition) is 5. The van der Waals surface area contributed by atoms with Gasteiger partial charge in [0.25, 0.3) is 0 Å². The number of unbranched alkanes of at least 4 members (excludes halogenated alkanes) is 28. The van der Waals surface area contributed by atoms with Gasteiger partial charge in [-0.3, -0.25) is 9.59 Å². The van der Waals surface area contributed by atoms with Crippen molar-refractivity contribution >= 4 is 11.9 Å². The van der Waals surface area contributed by atoms with Crippen LogP contribution in [0, 0.1) is 0 Å². The van der Waals surface area contributed by atoms with Crippen LogP contribution >= 0.6 is 0 Å². The van der Waals surface area contributed by atoms with E-state index in [1.807, 2.05) is 0 Å². The van der Waals surface area contributed by atoms with Crippen LogP contribution in [0.5, 0.6) is 0 Å². The van der Waals surface area contributed by atoms with Gasteiger partial charge in [-0.25, -0.2) is 0 Å². The van der Waals surface area contributed by atoms with Crippen molar-refractivity contribution in [1.82, 2.24) is 0 Å². The van der Waals surface area contributed by atoms with Gasteiger partial charge in [-0.05, 0) is 83.5 Å². The number of ether oxygens (including phenoxy) is 3. The second-order valence-electron chi connectivity index (χ2n) is 17.8. The van der Waals surface area contributed by atoms with Crippen molar-refractivity contribution in [3.05, 3.63) is 60.8 Å². The maximum absolute atomic E-state index is 12.8. The molecule has 62 heavy (non-hydrogen) atoms. The summed E-state index contributed by atoms with van der Waals surface area (Å²) in [5.74, 6) is -0.425. The van der Waals surface area contributed by atoms with E-state index in [4.69, 9.17) is 14.2 Å². The number of carbonyl (C=O) groups excluding carboxylic acids is 2. The minimum Gasteiger partial charge on any atom is -0.462 e. The number of carbonyl (C=O) groups is 2. The minimum absolute atomic E-state index is 0.0710. The molecule has 0 aliphatic rings. The van der Waals surface area contributed by atoms with Crippen LogP contribution in [0.2, 0.25) is 0 Å². The predicted molar refractivity (Wildman–Crippen MR) is 270 cm³/mol. The highest BCUT2D eigenvalue weighted by atomic mass is 16.6. The zero-order valence-electron chi connectivity index (χ0n) is 41.4. The van der Waals surface area contributed by atoms with Gasteiger partial charge in [0.05, 0.1) is 6.61 Å². The highest BCUT2D eigenvalue weighted by Gasteiger charge is 2.17. The molecule has 0 rings (SSSR count). The topological polar surface area (TPSA) is 61.8 Å². The molecular weight excluding hydrogens is 765 g/mol. The number of rotatable bonds is 49. The van der Waals surface area contributed by atoms with E-state index in [0.717, 1.165) is 96.3 Å². The van der Waals surface area contributed by atoms with Crippen molar-refractivity contribution < 1.29 is 23.8 Å². The molecule has 0 fully saturated rings. The molecule has 0 heterocycles. The first kappa shape index (κ1) is 59.6. The summed E-state index contributed by atoms with van der Waals surface area (Å²) in [6, 6.07) is 0. The zero-order valence-corrected chi connectivity index (χ0v) is 41.4. The Hall–Kier alpha value is -2.40. The summed E-state index contributed by atoms with van der Waals surface area (Å²) in [7, 11) is 0. The average molecular weight is 867 g/mol. The standard InChI is InChI=1S/C57H102O5/c1-4-7-10-13-16-19-22-25-28-29-31-32-35-38-41-44-47-50-56(58)61-54-55(53-60-52-49-46-43-40-37-34-27-24-21-18-15-12-9-6-3)62-57(59)51-48-45-42-39-36-33-30-26-23-20-17-14-11-8-5-2/h7,10,16,19,25-26,28,30-32,55H,4-6,8-9,11-15,17-18,20-24,27,29,33-54H2,1-3H3/b10-7-,19-16-,28-25-,30-26-,32-31-. The summed E-state index contributed by atoms with van der Waals surface area (Å²) < 4.78 is 17.4. The van der Waals surface area contributed by atoms with E-state index in [-0.39, 0.29) is 25.2 Å². The Morgan fingerprint density at radius 2 is 0.726 bits per heavy atom. The van der Waals surface area contributed by atoms with Crippen molar-refractivity contribution in [3.63, 3.8) is 0 Å². The van der Waals surface area contributed by atoms with Gasteiger partial charge >= 0.3 is 11.9 Å². The monoisotopic (exact) mass is 867 g/mol. The largest absolute Gasteiger partial charge is 0.462 e. The van der Waals surface area contributed by atoms with E-state index in [2.05, 4.69) is 81.5 Å². The fraction of sp³-hybridized carbons (Fsp3) is 0.789. The third-order valence-electron chi connectivity index (χ3n) is 11.5. The molecule has 0 aromatic rings. The average Bonchev–Trinajstić information content (AvgIpc) is 3.27. The van der Waals surface area contributed by atoms with Crippen LogP contribution in [0.4, 0.5) is 0 Å². The van der Waals surface area contributed by atoms with Gasteiger partial charge in [0.1, 0.15) is 6.61 Å². The molecule has 360 valence electrons. The Morgan fingerprint density at radius 3 is 1.18 bits per heavy atom. The van der Waals surface area contributed by atoms with E-state index < -0.39 is 6.10 Å². The van der Waals surface area contributed by atoms with E-state index in [1.165, 1.54) is 135 Å². The third kappa shape index (κ3) is 50.2. The van der Waals surface area contributed by atoms with E-state index >= 15 is 0 Å². The van der Waals surface area contributed by atoms with Gasteiger partial charge in [-0.2, -0.15) is 0 Å². The first-order valence-corrected chi connectivity index (χ1v) is 26.8. The van der Waals surface area contributed by atoms with E-state index in [9.17, 15) is 9.59 Å². The second-order valence-corrected chi connectivity index (χ2v) is 17.8. The Morgan fingerprint density at radius 1 is 0.371 bits per heavy atom. The lowest BCUT2D eigenvalue weighted by atomic mass is 10.0. The van der Waals surface area contributed by atoms with Gasteiger partial charge in [-0.15, -0.1) is 0 Å². The molecule has 0 amide bonds. The Kier molecular flexibility index (Phi) is 50.9. The number of esters is 2. The fourth-order valence-electron chi connectivity index (χ4n) is 7.56. The molecule has 0 saturated carbocycles. The van der Waals surface area contributed by atoms with E-state index in [0.29, 0.717) is 19.4 Å². The highest BCUT2D eigenvalue weighted by Crippen LogP contribution is 2.15. The van der Waals surface area contributed by atoms with E-state index in [1.54, 1.807) is 0 Å². The molecule has 0 saturated heterocycles. The highest BCUT2D eigenvalue weighted by molar-refractivity contribution is 5.70. The van der Waals surface area contributed by atoms with Crippen molar-refractivity contribution in [2.75, 3.05) is 19.8 Å². The quantitative estimate of drug-likeness (QED) is 0.0346. The molecular formula is C57H102O5. The van der Waals surface area contributed by atoms with Gasteiger partial charge in [-0.1, -0.05) is 229 Å². The lowest BCUT2D eigenvalue weighted by Gasteiger charge is -2.18. The van der Waals surface area contributed by atoms with Crippen molar-refractivity contribution in [2.45, 2.75) is 271 Å². The number of allylic oxidation sites excluding steroid dienone is 10. The van der Waals surface area contributed by atoms with Crippen molar-refractivity contribution in [3.8, 4) is 0 Å². The molecule has 5 heteroatoms. The lowest BCUT2D eigenvalue weighted by molar-refractivity contribution is -0.163. The molecule has 0 radical (unpaired) electrons. The Bertz CT molecular complexity index is 1070. The summed E-state index contributed by atoms with van der Waals surface area (Å²) in [5, 5.41) is 0. The molecule has 0 aromatic heterocycles. The van der Waals surface area contributed by atoms with Crippen LogP contribution in [0.15, 0.2) is 60.8 Å². The van der Waals surface area contributed by atoms with Gasteiger partial charge in [0.15, 0.2) is 6.10 Å². The van der Waals surface area contributed by atoms with Crippen LogP contribution in [0.3, 0.4) is 0 Å². The second kappa shape index (κ2) is 52.9. The SMILES string of the molecule is CC/C=C\C/C=C\C/C=C\C/C=C\CCCCCCC(=O)OCC(COCCCCCCCCCCCCCCCC)OC(=O)CCCCCCC/C=C\CCCCCCCC. The normalized spacial score (nSPS) is 12.6. The zero-order chi connectivity index (χ0) is 44.9. The molecule has 0 spiro atoms. The molecule has 1 unspecified atom stereocenters. The third-order valence-corrected chi connectivity index (χ3v) is 11.5. The van der Waals surface area contributed by atoms with Crippen LogP contribution in [-0.2, 0) is 23.8 Å².